The van der Waals surface area contributed by atoms with Crippen molar-refractivity contribution in [2.24, 2.45) is 17.8 Å². The van der Waals surface area contributed by atoms with Gasteiger partial charge in [-0.2, -0.15) is 0 Å². The van der Waals surface area contributed by atoms with E-state index in [4.69, 9.17) is 9.47 Å². The van der Waals surface area contributed by atoms with Crippen molar-refractivity contribution >= 4 is 11.9 Å². The van der Waals surface area contributed by atoms with Crippen LogP contribution in [0.4, 0.5) is 0 Å². The summed E-state index contributed by atoms with van der Waals surface area (Å²) < 4.78 is 10.7. The normalized spacial score (nSPS) is 49.2. The summed E-state index contributed by atoms with van der Waals surface area (Å²) in [6.45, 7) is 8.51. The third kappa shape index (κ3) is 2.58. The average Bonchev–Trinajstić information content (AvgIpc) is 2.71. The molecule has 6 heteroatoms. The number of rotatable bonds is 1. The molecule has 3 rings (SSSR count). The lowest BCUT2D eigenvalue weighted by Gasteiger charge is -2.37. The predicted molar refractivity (Wildman–Crippen MR) is 80.1 cm³/mol. The van der Waals surface area contributed by atoms with Gasteiger partial charge in [0.2, 0.25) is 0 Å². The summed E-state index contributed by atoms with van der Waals surface area (Å²) in [6, 6.07) is 0. The van der Waals surface area contributed by atoms with Gasteiger partial charge in [-0.15, -0.1) is 0 Å². The Hall–Kier alpha value is -1.40. The number of fused-ring (bicyclic) bond motifs is 2. The molecular weight excluding hydrogens is 300 g/mol. The van der Waals surface area contributed by atoms with Crippen molar-refractivity contribution in [1.29, 1.82) is 0 Å². The summed E-state index contributed by atoms with van der Waals surface area (Å²) in [7, 11) is 0. The Morgan fingerprint density at radius 2 is 1.96 bits per heavy atom. The first-order chi connectivity index (χ1) is 10.5. The molecule has 0 amide bonds. The quantitative estimate of drug-likeness (QED) is 0.551. The van der Waals surface area contributed by atoms with Crippen molar-refractivity contribution in [3.63, 3.8) is 0 Å². The number of aliphatic hydroxyl groups is 2. The van der Waals surface area contributed by atoms with E-state index in [1.807, 2.05) is 0 Å². The van der Waals surface area contributed by atoms with E-state index in [0.29, 0.717) is 12.0 Å². The molecule has 2 saturated carbocycles. The lowest BCUT2D eigenvalue weighted by Crippen LogP contribution is -2.45. The van der Waals surface area contributed by atoms with Crippen LogP contribution in [-0.4, -0.2) is 45.6 Å². The molecule has 0 aromatic rings. The summed E-state index contributed by atoms with van der Waals surface area (Å²) in [5.41, 5.74) is -1.90. The van der Waals surface area contributed by atoms with Gasteiger partial charge in [0.25, 0.3) is 0 Å². The molecule has 6 nitrogen and oxygen atoms in total. The van der Waals surface area contributed by atoms with E-state index in [0.717, 1.165) is 0 Å². The van der Waals surface area contributed by atoms with Gasteiger partial charge in [-0.05, 0) is 26.2 Å². The van der Waals surface area contributed by atoms with Crippen LogP contribution in [0.3, 0.4) is 0 Å². The molecule has 1 heterocycles. The zero-order valence-electron chi connectivity index (χ0n) is 13.7. The van der Waals surface area contributed by atoms with Crippen molar-refractivity contribution < 1.29 is 29.3 Å². The number of carbonyl (C=O) groups excluding carboxylic acids is 2. The zero-order chi connectivity index (χ0) is 17.2. The van der Waals surface area contributed by atoms with Crippen LogP contribution in [0.5, 0.6) is 0 Å². The van der Waals surface area contributed by atoms with Crippen molar-refractivity contribution in [2.75, 3.05) is 0 Å². The SMILES string of the molecule is C=C1C(=O)OC2CC(C)(O)C3C(OC(C)=O)CC(C)(O)C3CC12. The smallest absolute Gasteiger partial charge is 0.334 e. The van der Waals surface area contributed by atoms with Crippen LogP contribution >= 0.6 is 0 Å². The van der Waals surface area contributed by atoms with Gasteiger partial charge in [0.15, 0.2) is 0 Å². The molecule has 2 N–H and O–H groups in total. The second kappa shape index (κ2) is 5.05. The van der Waals surface area contributed by atoms with Gasteiger partial charge < -0.3 is 19.7 Å². The van der Waals surface area contributed by atoms with Crippen LogP contribution in [0.25, 0.3) is 0 Å². The van der Waals surface area contributed by atoms with E-state index < -0.39 is 41.3 Å². The Labute approximate surface area is 135 Å². The van der Waals surface area contributed by atoms with Crippen LogP contribution in [0.1, 0.15) is 40.0 Å². The fourth-order valence-electron chi connectivity index (χ4n) is 4.86. The minimum atomic E-state index is -1.21. The van der Waals surface area contributed by atoms with Crippen LogP contribution in [0, 0.1) is 17.8 Å². The molecule has 0 aromatic carbocycles. The molecule has 0 aromatic heterocycles. The molecule has 0 radical (unpaired) electrons. The van der Waals surface area contributed by atoms with E-state index in [1.165, 1.54) is 6.92 Å². The highest BCUT2D eigenvalue weighted by molar-refractivity contribution is 5.90. The standard InChI is InChI=1S/C17H24O6/c1-8-10-5-11-14(13(22-9(2)18)7-16(11,3)20)17(4,21)6-12(10)23-15(8)19/h10-14,20-21H,1,5-7H2,2-4H3. The maximum absolute atomic E-state index is 11.8. The van der Waals surface area contributed by atoms with Crippen molar-refractivity contribution in [3.8, 4) is 0 Å². The molecule has 128 valence electrons. The molecule has 3 aliphatic rings. The van der Waals surface area contributed by atoms with Crippen LogP contribution in [0.15, 0.2) is 12.2 Å². The molecular formula is C17H24O6. The summed E-state index contributed by atoms with van der Waals surface area (Å²) in [4.78, 5) is 23.2. The monoisotopic (exact) mass is 324 g/mol. The summed E-state index contributed by atoms with van der Waals surface area (Å²) in [5.74, 6) is -1.78. The van der Waals surface area contributed by atoms with Gasteiger partial charge in [0.05, 0.1) is 11.2 Å². The van der Waals surface area contributed by atoms with Gasteiger partial charge in [0.1, 0.15) is 12.2 Å². The van der Waals surface area contributed by atoms with Crippen molar-refractivity contribution in [1.82, 2.24) is 0 Å². The van der Waals surface area contributed by atoms with Crippen LogP contribution in [0.2, 0.25) is 0 Å². The van der Waals surface area contributed by atoms with E-state index >= 15 is 0 Å². The lowest BCUT2D eigenvalue weighted by atomic mass is 9.75. The number of esters is 2. The first kappa shape index (κ1) is 16.5. The number of hydrogen-bond acceptors (Lipinski definition) is 6. The zero-order valence-corrected chi connectivity index (χ0v) is 13.7. The predicted octanol–water partition coefficient (Wildman–Crippen LogP) is 0.948. The molecule has 2 aliphatic carbocycles. The highest BCUT2D eigenvalue weighted by Crippen LogP contribution is 2.55. The highest BCUT2D eigenvalue weighted by atomic mass is 16.6. The third-order valence-corrected chi connectivity index (χ3v) is 5.82. The van der Waals surface area contributed by atoms with E-state index in [1.54, 1.807) is 13.8 Å². The summed E-state index contributed by atoms with van der Waals surface area (Å²) in [6.07, 6.45) is 0.0179. The van der Waals surface area contributed by atoms with Gasteiger partial charge in [-0.3, -0.25) is 4.79 Å². The second-order valence-corrected chi connectivity index (χ2v) is 7.71. The first-order valence-electron chi connectivity index (χ1n) is 8.04. The molecule has 3 fully saturated rings. The number of ether oxygens (including phenoxy) is 2. The Bertz CT molecular complexity index is 563. The van der Waals surface area contributed by atoms with Crippen molar-refractivity contribution in [3.05, 3.63) is 12.2 Å². The lowest BCUT2D eigenvalue weighted by molar-refractivity contribution is -0.156. The Balaban J connectivity index is 1.99. The van der Waals surface area contributed by atoms with E-state index in [-0.39, 0.29) is 24.7 Å². The van der Waals surface area contributed by atoms with Crippen LogP contribution < -0.4 is 0 Å². The largest absolute Gasteiger partial charge is 0.462 e. The topological polar surface area (TPSA) is 93.1 Å². The maximum Gasteiger partial charge on any atom is 0.334 e. The highest BCUT2D eigenvalue weighted by Gasteiger charge is 2.62. The van der Waals surface area contributed by atoms with Gasteiger partial charge in [-0.25, -0.2) is 4.79 Å². The Morgan fingerprint density at radius 1 is 1.30 bits per heavy atom. The Kier molecular flexibility index (Phi) is 3.61. The van der Waals surface area contributed by atoms with E-state index in [9.17, 15) is 19.8 Å². The molecule has 7 atom stereocenters. The second-order valence-electron chi connectivity index (χ2n) is 7.71. The van der Waals surface area contributed by atoms with Crippen molar-refractivity contribution in [2.45, 2.75) is 63.4 Å². The maximum atomic E-state index is 11.8. The molecule has 1 aliphatic heterocycles. The Morgan fingerprint density at radius 3 is 2.57 bits per heavy atom. The minimum Gasteiger partial charge on any atom is -0.462 e. The summed E-state index contributed by atoms with van der Waals surface area (Å²) >= 11 is 0. The number of hydrogen-bond donors (Lipinski definition) is 2. The molecule has 7 unspecified atom stereocenters. The summed E-state index contributed by atoms with van der Waals surface area (Å²) in [5, 5.41) is 21.9. The fourth-order valence-corrected chi connectivity index (χ4v) is 4.86. The first-order valence-corrected chi connectivity index (χ1v) is 8.04. The fraction of sp³-hybridized carbons (Fsp3) is 0.765. The minimum absolute atomic E-state index is 0.216. The third-order valence-electron chi connectivity index (χ3n) is 5.82. The molecule has 1 saturated heterocycles. The molecule has 23 heavy (non-hydrogen) atoms. The van der Waals surface area contributed by atoms with Gasteiger partial charge >= 0.3 is 11.9 Å². The van der Waals surface area contributed by atoms with Gasteiger partial charge in [-0.1, -0.05) is 6.58 Å². The molecule has 0 bridgehead atoms. The molecule has 0 spiro atoms. The van der Waals surface area contributed by atoms with Gasteiger partial charge in [0, 0.05) is 37.2 Å². The average molecular weight is 324 g/mol. The number of carbonyl (C=O) groups is 2. The van der Waals surface area contributed by atoms with E-state index in [2.05, 4.69) is 6.58 Å². The van der Waals surface area contributed by atoms with Crippen LogP contribution in [-0.2, 0) is 19.1 Å².